The Bertz CT molecular complexity index is 595. The molecule has 3 N–H and O–H groups in total. The van der Waals surface area contributed by atoms with Crippen molar-refractivity contribution in [1.82, 2.24) is 19.7 Å². The van der Waals surface area contributed by atoms with Gasteiger partial charge in [0.2, 0.25) is 0 Å². The number of rotatable bonds is 4. The summed E-state index contributed by atoms with van der Waals surface area (Å²) in [5, 5.41) is 7.09. The summed E-state index contributed by atoms with van der Waals surface area (Å²) < 4.78 is 6.20. The third-order valence-electron chi connectivity index (χ3n) is 2.38. The Morgan fingerprint density at radius 1 is 1.53 bits per heavy atom. The number of hydrogen-bond donors (Lipinski definition) is 2. The lowest BCUT2D eigenvalue weighted by Gasteiger charge is -2.07. The van der Waals surface area contributed by atoms with Gasteiger partial charge in [0.1, 0.15) is 6.33 Å². The third-order valence-corrected chi connectivity index (χ3v) is 2.38. The van der Waals surface area contributed by atoms with Crippen LogP contribution in [-0.4, -0.2) is 32.8 Å². The summed E-state index contributed by atoms with van der Waals surface area (Å²) in [4.78, 5) is 19.5. The van der Waals surface area contributed by atoms with E-state index in [9.17, 15) is 4.79 Å². The number of aromatic nitrogens is 4. The van der Waals surface area contributed by atoms with Crippen LogP contribution in [0.5, 0.6) is 0 Å². The van der Waals surface area contributed by atoms with Crippen LogP contribution in [0.1, 0.15) is 16.3 Å². The van der Waals surface area contributed by atoms with Crippen LogP contribution < -0.4 is 11.1 Å². The highest BCUT2D eigenvalue weighted by molar-refractivity contribution is 5.88. The summed E-state index contributed by atoms with van der Waals surface area (Å²) in [6.45, 7) is 0.364. The van der Waals surface area contributed by atoms with Crippen LogP contribution in [0.4, 0.5) is 11.5 Å². The summed E-state index contributed by atoms with van der Waals surface area (Å²) in [6, 6.07) is 3.10. The predicted octanol–water partition coefficient (Wildman–Crippen LogP) is 0.191. The van der Waals surface area contributed by atoms with Gasteiger partial charge < -0.3 is 15.8 Å². The number of pyridine rings is 1. The van der Waals surface area contributed by atoms with Crippen LogP contribution in [0.15, 0.2) is 18.5 Å². The molecule has 0 saturated carbocycles. The van der Waals surface area contributed by atoms with Gasteiger partial charge in [0.05, 0.1) is 19.3 Å². The van der Waals surface area contributed by atoms with Crippen LogP contribution in [0.2, 0.25) is 0 Å². The summed E-state index contributed by atoms with van der Waals surface area (Å²) in [5.74, 6) is 0.488. The van der Waals surface area contributed by atoms with Crippen molar-refractivity contribution < 1.29 is 9.53 Å². The number of esters is 1. The van der Waals surface area contributed by atoms with Gasteiger partial charge in [0.15, 0.2) is 17.3 Å². The second kappa shape index (κ2) is 5.34. The quantitative estimate of drug-likeness (QED) is 0.757. The summed E-state index contributed by atoms with van der Waals surface area (Å²) in [5.41, 5.74) is 6.40. The first-order valence-electron chi connectivity index (χ1n) is 5.53. The van der Waals surface area contributed by atoms with Crippen LogP contribution >= 0.6 is 0 Å². The average Bonchev–Trinajstić information content (AvgIpc) is 2.82. The van der Waals surface area contributed by atoms with Crippen molar-refractivity contribution in [2.75, 3.05) is 18.2 Å². The van der Waals surface area contributed by atoms with Crippen molar-refractivity contribution in [2.24, 2.45) is 7.05 Å². The Morgan fingerprint density at radius 3 is 2.95 bits per heavy atom. The normalized spacial score (nSPS) is 10.2. The molecular formula is C11H14N6O2. The number of nitrogen functional groups attached to an aromatic ring is 1. The maximum absolute atomic E-state index is 11.4. The summed E-state index contributed by atoms with van der Waals surface area (Å²) in [6.07, 6.45) is 1.60. The number of nitrogens with two attached hydrogens (primary N) is 1. The number of methoxy groups -OCH3 is 1. The largest absolute Gasteiger partial charge is 0.464 e. The lowest BCUT2D eigenvalue weighted by molar-refractivity contribution is 0.0594. The fraction of sp³-hybridized carbons (Fsp3) is 0.273. The van der Waals surface area contributed by atoms with Crippen molar-refractivity contribution in [1.29, 1.82) is 0 Å². The minimum atomic E-state index is -0.515. The van der Waals surface area contributed by atoms with Crippen LogP contribution in [-0.2, 0) is 18.3 Å². The monoisotopic (exact) mass is 262 g/mol. The molecule has 2 rings (SSSR count). The first-order chi connectivity index (χ1) is 9.10. The number of aryl methyl sites for hydroxylation is 1. The van der Waals surface area contributed by atoms with E-state index in [0.29, 0.717) is 23.9 Å². The van der Waals surface area contributed by atoms with Gasteiger partial charge in [-0.15, -0.1) is 0 Å². The molecule has 0 bridgehead atoms. The van der Waals surface area contributed by atoms with E-state index in [0.717, 1.165) is 0 Å². The first-order valence-corrected chi connectivity index (χ1v) is 5.53. The van der Waals surface area contributed by atoms with Crippen molar-refractivity contribution in [3.8, 4) is 0 Å². The van der Waals surface area contributed by atoms with Gasteiger partial charge in [-0.2, -0.15) is 5.10 Å². The molecule has 8 nitrogen and oxygen atoms in total. The molecule has 0 radical (unpaired) electrons. The van der Waals surface area contributed by atoms with Gasteiger partial charge in [-0.1, -0.05) is 0 Å². The minimum Gasteiger partial charge on any atom is -0.464 e. The zero-order chi connectivity index (χ0) is 13.8. The molecule has 0 aliphatic carbocycles. The topological polar surface area (TPSA) is 108 Å². The lowest BCUT2D eigenvalue weighted by atomic mass is 10.3. The zero-order valence-electron chi connectivity index (χ0n) is 10.6. The standard InChI is InChI=1S/C11H14N6O2/c1-17-6-14-9(16-17)5-13-10-7(12)3-4-8(15-10)11(18)19-2/h3-4,6H,5,12H2,1-2H3,(H,13,15). The minimum absolute atomic E-state index is 0.188. The molecule has 0 aliphatic rings. The molecule has 2 heterocycles. The molecule has 0 saturated heterocycles. The Balaban J connectivity index is 2.12. The van der Waals surface area contributed by atoms with E-state index in [1.165, 1.54) is 13.2 Å². The predicted molar refractivity (Wildman–Crippen MR) is 68.3 cm³/mol. The summed E-state index contributed by atoms with van der Waals surface area (Å²) >= 11 is 0. The molecule has 0 amide bonds. The van der Waals surface area contributed by atoms with Gasteiger partial charge in [0, 0.05) is 7.05 Å². The van der Waals surface area contributed by atoms with Crippen LogP contribution in [0, 0.1) is 0 Å². The number of nitrogens with one attached hydrogen (secondary N) is 1. The molecule has 19 heavy (non-hydrogen) atoms. The molecule has 2 aromatic rings. The number of hydrogen-bond acceptors (Lipinski definition) is 7. The third kappa shape index (κ3) is 2.97. The number of ether oxygens (including phenoxy) is 1. The molecule has 100 valence electrons. The van der Waals surface area contributed by atoms with Crippen LogP contribution in [0.3, 0.4) is 0 Å². The Hall–Kier alpha value is -2.64. The molecular weight excluding hydrogens is 248 g/mol. The molecule has 8 heteroatoms. The number of anilines is 2. The summed E-state index contributed by atoms with van der Waals surface area (Å²) in [7, 11) is 3.08. The fourth-order valence-electron chi connectivity index (χ4n) is 1.46. The van der Waals surface area contributed by atoms with E-state index in [1.807, 2.05) is 0 Å². The molecule has 2 aromatic heterocycles. The van der Waals surface area contributed by atoms with Crippen molar-refractivity contribution in [3.05, 3.63) is 30.0 Å². The zero-order valence-corrected chi connectivity index (χ0v) is 10.6. The van der Waals surface area contributed by atoms with E-state index >= 15 is 0 Å². The van der Waals surface area contributed by atoms with Gasteiger partial charge >= 0.3 is 5.97 Å². The Morgan fingerprint density at radius 2 is 2.32 bits per heavy atom. The fourth-order valence-corrected chi connectivity index (χ4v) is 1.46. The first kappa shape index (κ1) is 12.8. The second-order valence-corrected chi connectivity index (χ2v) is 3.81. The average molecular weight is 262 g/mol. The number of carbonyl (C=O) groups excluding carboxylic acids is 1. The van der Waals surface area contributed by atoms with Crippen molar-refractivity contribution in [3.63, 3.8) is 0 Å². The Kier molecular flexibility index (Phi) is 3.60. The van der Waals surface area contributed by atoms with Gasteiger partial charge in [-0.05, 0) is 12.1 Å². The van der Waals surface area contributed by atoms with E-state index in [4.69, 9.17) is 5.73 Å². The van der Waals surface area contributed by atoms with Gasteiger partial charge in [-0.25, -0.2) is 14.8 Å². The van der Waals surface area contributed by atoms with Crippen molar-refractivity contribution in [2.45, 2.75) is 6.54 Å². The maximum atomic E-state index is 11.4. The van der Waals surface area contributed by atoms with Gasteiger partial charge in [0.25, 0.3) is 0 Å². The second-order valence-electron chi connectivity index (χ2n) is 3.81. The van der Waals surface area contributed by atoms with Crippen molar-refractivity contribution >= 4 is 17.5 Å². The molecule has 0 atom stereocenters. The van der Waals surface area contributed by atoms with E-state index in [1.54, 1.807) is 24.1 Å². The SMILES string of the molecule is COC(=O)c1ccc(N)c(NCc2ncn(C)n2)n1. The highest BCUT2D eigenvalue weighted by Crippen LogP contribution is 2.16. The van der Waals surface area contributed by atoms with E-state index < -0.39 is 5.97 Å². The van der Waals surface area contributed by atoms with E-state index in [2.05, 4.69) is 25.1 Å². The number of carbonyl (C=O) groups is 1. The smallest absolute Gasteiger partial charge is 0.356 e. The molecule has 0 fully saturated rings. The van der Waals surface area contributed by atoms with Crippen LogP contribution in [0.25, 0.3) is 0 Å². The molecule has 0 aliphatic heterocycles. The Labute approximate surface area is 109 Å². The maximum Gasteiger partial charge on any atom is 0.356 e. The van der Waals surface area contributed by atoms with E-state index in [-0.39, 0.29) is 5.69 Å². The highest BCUT2D eigenvalue weighted by Gasteiger charge is 2.10. The molecule has 0 aromatic carbocycles. The molecule has 0 spiro atoms. The molecule has 0 unspecified atom stereocenters. The number of nitrogens with zero attached hydrogens (tertiary/aromatic N) is 4. The highest BCUT2D eigenvalue weighted by atomic mass is 16.5. The lowest BCUT2D eigenvalue weighted by Crippen LogP contribution is -2.10. The van der Waals surface area contributed by atoms with Gasteiger partial charge in [-0.3, -0.25) is 4.68 Å².